The van der Waals surface area contributed by atoms with Gasteiger partial charge in [-0.25, -0.2) is 0 Å². The molecule has 0 aromatic carbocycles. The van der Waals surface area contributed by atoms with E-state index in [0.29, 0.717) is 11.6 Å². The third kappa shape index (κ3) is 1.46. The van der Waals surface area contributed by atoms with Crippen LogP contribution in [-0.4, -0.2) is 23.9 Å². The minimum Gasteiger partial charge on any atom is -0.472 e. The third-order valence-corrected chi connectivity index (χ3v) is 2.71. The number of hydrogen-bond acceptors (Lipinski definition) is 2. The van der Waals surface area contributed by atoms with Crippen molar-refractivity contribution in [2.45, 2.75) is 25.3 Å². The molecule has 0 aliphatic heterocycles. The Labute approximate surface area is 77.3 Å². The zero-order valence-corrected chi connectivity index (χ0v) is 7.69. The van der Waals surface area contributed by atoms with Gasteiger partial charge >= 0.3 is 0 Å². The van der Waals surface area contributed by atoms with E-state index in [9.17, 15) is 4.79 Å². The van der Waals surface area contributed by atoms with Crippen molar-refractivity contribution in [1.82, 2.24) is 4.90 Å². The lowest BCUT2D eigenvalue weighted by atomic mass is 9.91. The first kappa shape index (κ1) is 8.35. The van der Waals surface area contributed by atoms with Crippen LogP contribution in [0.15, 0.2) is 23.0 Å². The fourth-order valence-corrected chi connectivity index (χ4v) is 1.53. The summed E-state index contributed by atoms with van der Waals surface area (Å²) in [5, 5.41) is 0. The summed E-state index contributed by atoms with van der Waals surface area (Å²) in [6, 6.07) is 2.15. The Morgan fingerprint density at radius 2 is 2.38 bits per heavy atom. The monoisotopic (exact) mass is 179 g/mol. The van der Waals surface area contributed by atoms with Crippen LogP contribution in [0.25, 0.3) is 0 Å². The molecular formula is C10H13NO2. The van der Waals surface area contributed by atoms with Crippen LogP contribution in [0.1, 0.15) is 29.6 Å². The fraction of sp³-hybridized carbons (Fsp3) is 0.500. The molecule has 1 aliphatic rings. The summed E-state index contributed by atoms with van der Waals surface area (Å²) in [7, 11) is 1.86. The molecule has 3 heteroatoms. The maximum absolute atomic E-state index is 11.7. The van der Waals surface area contributed by atoms with E-state index in [1.807, 2.05) is 11.9 Å². The molecular weight excluding hydrogens is 166 g/mol. The van der Waals surface area contributed by atoms with E-state index in [4.69, 9.17) is 4.42 Å². The standard InChI is InChI=1S/C10H13NO2/c1-11(9-3-2-4-9)10(12)8-5-6-13-7-8/h5-7,9H,2-4H2,1H3. The van der Waals surface area contributed by atoms with E-state index >= 15 is 0 Å². The molecule has 1 fully saturated rings. The highest BCUT2D eigenvalue weighted by molar-refractivity contribution is 5.93. The summed E-state index contributed by atoms with van der Waals surface area (Å²) in [4.78, 5) is 13.5. The Morgan fingerprint density at radius 3 is 2.85 bits per heavy atom. The minimum absolute atomic E-state index is 0.0680. The Kier molecular flexibility index (Phi) is 2.08. The molecule has 70 valence electrons. The van der Waals surface area contributed by atoms with E-state index in [1.54, 1.807) is 6.07 Å². The van der Waals surface area contributed by atoms with Crippen molar-refractivity contribution >= 4 is 5.91 Å². The van der Waals surface area contributed by atoms with Gasteiger partial charge in [-0.05, 0) is 25.3 Å². The molecule has 1 aliphatic carbocycles. The van der Waals surface area contributed by atoms with E-state index in [2.05, 4.69) is 0 Å². The van der Waals surface area contributed by atoms with Crippen LogP contribution in [0.2, 0.25) is 0 Å². The number of rotatable bonds is 2. The summed E-state index contributed by atoms with van der Waals surface area (Å²) in [6.45, 7) is 0. The zero-order valence-electron chi connectivity index (χ0n) is 7.69. The van der Waals surface area contributed by atoms with Crippen LogP contribution < -0.4 is 0 Å². The first-order valence-electron chi connectivity index (χ1n) is 4.58. The van der Waals surface area contributed by atoms with Gasteiger partial charge in [0.05, 0.1) is 11.8 Å². The summed E-state index contributed by atoms with van der Waals surface area (Å²) < 4.78 is 4.87. The van der Waals surface area contributed by atoms with Crippen molar-refractivity contribution in [3.05, 3.63) is 24.2 Å². The van der Waals surface area contributed by atoms with Crippen molar-refractivity contribution in [1.29, 1.82) is 0 Å². The van der Waals surface area contributed by atoms with Crippen LogP contribution in [0.3, 0.4) is 0 Å². The number of nitrogens with zero attached hydrogens (tertiary/aromatic N) is 1. The Balaban J connectivity index is 2.04. The summed E-state index contributed by atoms with van der Waals surface area (Å²) >= 11 is 0. The Bertz CT molecular complexity index is 288. The molecule has 0 atom stereocenters. The second kappa shape index (κ2) is 3.24. The Morgan fingerprint density at radius 1 is 1.62 bits per heavy atom. The third-order valence-electron chi connectivity index (χ3n) is 2.71. The highest BCUT2D eigenvalue weighted by atomic mass is 16.3. The van der Waals surface area contributed by atoms with Gasteiger partial charge < -0.3 is 9.32 Å². The van der Waals surface area contributed by atoms with Gasteiger partial charge in [0, 0.05) is 13.1 Å². The second-order valence-corrected chi connectivity index (χ2v) is 3.51. The highest BCUT2D eigenvalue weighted by Crippen LogP contribution is 2.24. The maximum atomic E-state index is 11.7. The number of amides is 1. The van der Waals surface area contributed by atoms with Crippen LogP contribution in [-0.2, 0) is 0 Å². The molecule has 0 saturated heterocycles. The average molecular weight is 179 g/mol. The zero-order chi connectivity index (χ0) is 9.26. The van der Waals surface area contributed by atoms with E-state index in [0.717, 1.165) is 12.8 Å². The maximum Gasteiger partial charge on any atom is 0.257 e. The molecule has 1 aromatic rings. The molecule has 1 heterocycles. The van der Waals surface area contributed by atoms with Gasteiger partial charge in [0.15, 0.2) is 0 Å². The number of carbonyl (C=O) groups excluding carboxylic acids is 1. The van der Waals surface area contributed by atoms with Crippen molar-refractivity contribution < 1.29 is 9.21 Å². The van der Waals surface area contributed by atoms with Gasteiger partial charge in [-0.3, -0.25) is 4.79 Å². The summed E-state index contributed by atoms with van der Waals surface area (Å²) in [5.74, 6) is 0.0680. The predicted molar refractivity (Wildman–Crippen MR) is 48.4 cm³/mol. The molecule has 0 radical (unpaired) electrons. The summed E-state index contributed by atoms with van der Waals surface area (Å²) in [5.41, 5.74) is 0.648. The lowest BCUT2D eigenvalue weighted by molar-refractivity contribution is 0.0651. The predicted octanol–water partition coefficient (Wildman–Crippen LogP) is 1.90. The van der Waals surface area contributed by atoms with E-state index < -0.39 is 0 Å². The first-order valence-corrected chi connectivity index (χ1v) is 4.58. The van der Waals surface area contributed by atoms with Crippen molar-refractivity contribution in [3.63, 3.8) is 0 Å². The van der Waals surface area contributed by atoms with Crippen LogP contribution in [0.4, 0.5) is 0 Å². The topological polar surface area (TPSA) is 33.5 Å². The second-order valence-electron chi connectivity index (χ2n) is 3.51. The lowest BCUT2D eigenvalue weighted by Gasteiger charge is -2.34. The average Bonchev–Trinajstić information content (AvgIpc) is 2.51. The minimum atomic E-state index is 0.0680. The molecule has 0 bridgehead atoms. The van der Waals surface area contributed by atoms with Gasteiger partial charge in [-0.1, -0.05) is 0 Å². The number of furan rings is 1. The molecule has 2 rings (SSSR count). The van der Waals surface area contributed by atoms with Gasteiger partial charge in [0.1, 0.15) is 6.26 Å². The molecule has 1 aromatic heterocycles. The number of carbonyl (C=O) groups is 1. The van der Waals surface area contributed by atoms with Crippen molar-refractivity contribution in [3.8, 4) is 0 Å². The van der Waals surface area contributed by atoms with Gasteiger partial charge in [0.25, 0.3) is 5.91 Å². The molecule has 0 spiro atoms. The van der Waals surface area contributed by atoms with Crippen molar-refractivity contribution in [2.24, 2.45) is 0 Å². The molecule has 0 N–H and O–H groups in total. The van der Waals surface area contributed by atoms with Crippen LogP contribution in [0.5, 0.6) is 0 Å². The van der Waals surface area contributed by atoms with Gasteiger partial charge in [-0.15, -0.1) is 0 Å². The smallest absolute Gasteiger partial charge is 0.257 e. The Hall–Kier alpha value is -1.25. The quantitative estimate of drug-likeness (QED) is 0.694. The molecule has 1 amide bonds. The molecule has 13 heavy (non-hydrogen) atoms. The lowest BCUT2D eigenvalue weighted by Crippen LogP contribution is -2.41. The molecule has 1 saturated carbocycles. The highest BCUT2D eigenvalue weighted by Gasteiger charge is 2.26. The van der Waals surface area contributed by atoms with Gasteiger partial charge in [-0.2, -0.15) is 0 Å². The van der Waals surface area contributed by atoms with Gasteiger partial charge in [0.2, 0.25) is 0 Å². The van der Waals surface area contributed by atoms with E-state index in [1.165, 1.54) is 18.9 Å². The molecule has 0 unspecified atom stereocenters. The largest absolute Gasteiger partial charge is 0.472 e. The normalized spacial score (nSPS) is 16.7. The first-order chi connectivity index (χ1) is 6.29. The van der Waals surface area contributed by atoms with Crippen molar-refractivity contribution in [2.75, 3.05) is 7.05 Å². The summed E-state index contributed by atoms with van der Waals surface area (Å²) in [6.07, 6.45) is 6.55. The fourth-order valence-electron chi connectivity index (χ4n) is 1.53. The van der Waals surface area contributed by atoms with Crippen LogP contribution in [0, 0.1) is 0 Å². The SMILES string of the molecule is CN(C(=O)c1ccoc1)C1CCC1. The number of hydrogen-bond donors (Lipinski definition) is 0. The van der Waals surface area contributed by atoms with E-state index in [-0.39, 0.29) is 5.91 Å². The van der Waals surface area contributed by atoms with Crippen LogP contribution >= 0.6 is 0 Å². The molecule has 3 nitrogen and oxygen atoms in total.